The highest BCUT2D eigenvalue weighted by atomic mass is 15.0. The minimum absolute atomic E-state index is 0.182. The van der Waals surface area contributed by atoms with E-state index in [-0.39, 0.29) is 5.54 Å². The fraction of sp³-hybridized carbons (Fsp3) is 0.571. The monoisotopic (exact) mass is 220 g/mol. The van der Waals surface area contributed by atoms with Crippen molar-refractivity contribution in [1.29, 1.82) is 0 Å². The molecule has 0 fully saturated rings. The first-order chi connectivity index (χ1) is 7.58. The number of rotatable bonds is 5. The highest BCUT2D eigenvalue weighted by molar-refractivity contribution is 5.70. The van der Waals surface area contributed by atoms with Gasteiger partial charge >= 0.3 is 0 Å². The van der Waals surface area contributed by atoms with E-state index in [1.807, 2.05) is 13.0 Å². The van der Waals surface area contributed by atoms with Crippen molar-refractivity contribution in [3.05, 3.63) is 23.8 Å². The van der Waals surface area contributed by atoms with E-state index in [9.17, 15) is 0 Å². The number of nitrogen functional groups attached to an aromatic ring is 1. The van der Waals surface area contributed by atoms with Gasteiger partial charge in [-0.05, 0) is 37.8 Å². The molecule has 16 heavy (non-hydrogen) atoms. The lowest BCUT2D eigenvalue weighted by atomic mass is 9.89. The summed E-state index contributed by atoms with van der Waals surface area (Å²) in [6.45, 7) is 8.73. The number of nitrogens with one attached hydrogen (secondary N) is 1. The van der Waals surface area contributed by atoms with Gasteiger partial charge in [-0.2, -0.15) is 0 Å². The molecule has 0 aromatic heterocycles. The topological polar surface area (TPSA) is 38.0 Å². The lowest BCUT2D eigenvalue weighted by Crippen LogP contribution is -2.36. The first-order valence-electron chi connectivity index (χ1n) is 6.21. The molecule has 2 heteroatoms. The molecule has 0 spiro atoms. The third-order valence-corrected chi connectivity index (χ3v) is 3.75. The van der Waals surface area contributed by atoms with Crippen molar-refractivity contribution in [2.75, 3.05) is 11.1 Å². The van der Waals surface area contributed by atoms with E-state index >= 15 is 0 Å². The molecular weight excluding hydrogens is 196 g/mol. The van der Waals surface area contributed by atoms with Gasteiger partial charge in [0, 0.05) is 5.54 Å². The fourth-order valence-corrected chi connectivity index (χ4v) is 2.09. The van der Waals surface area contributed by atoms with Gasteiger partial charge in [-0.15, -0.1) is 0 Å². The lowest BCUT2D eigenvalue weighted by Gasteiger charge is -2.33. The van der Waals surface area contributed by atoms with Crippen LogP contribution in [0, 0.1) is 6.92 Å². The summed E-state index contributed by atoms with van der Waals surface area (Å²) in [6, 6.07) is 6.17. The van der Waals surface area contributed by atoms with E-state index < -0.39 is 0 Å². The molecule has 1 aromatic rings. The van der Waals surface area contributed by atoms with Crippen molar-refractivity contribution in [2.24, 2.45) is 0 Å². The number of para-hydroxylation sites is 1. The molecule has 3 N–H and O–H groups in total. The summed E-state index contributed by atoms with van der Waals surface area (Å²) >= 11 is 0. The maximum Gasteiger partial charge on any atom is 0.0580 e. The van der Waals surface area contributed by atoms with Crippen LogP contribution < -0.4 is 11.1 Å². The third-order valence-electron chi connectivity index (χ3n) is 3.75. The van der Waals surface area contributed by atoms with Crippen molar-refractivity contribution in [3.8, 4) is 0 Å². The van der Waals surface area contributed by atoms with Crippen LogP contribution in [0.1, 0.15) is 45.6 Å². The number of benzene rings is 1. The predicted octanol–water partition coefficient (Wildman–Crippen LogP) is 3.96. The quantitative estimate of drug-likeness (QED) is 0.737. The molecule has 0 saturated carbocycles. The average molecular weight is 220 g/mol. The van der Waals surface area contributed by atoms with Crippen molar-refractivity contribution in [2.45, 2.75) is 52.5 Å². The summed E-state index contributed by atoms with van der Waals surface area (Å²) in [5.74, 6) is 0. The minimum atomic E-state index is 0.182. The van der Waals surface area contributed by atoms with Gasteiger partial charge in [0.1, 0.15) is 0 Å². The molecule has 1 rings (SSSR count). The van der Waals surface area contributed by atoms with Gasteiger partial charge in [-0.3, -0.25) is 0 Å². The van der Waals surface area contributed by atoms with E-state index in [0.717, 1.165) is 36.2 Å². The zero-order valence-corrected chi connectivity index (χ0v) is 10.9. The van der Waals surface area contributed by atoms with Crippen LogP contribution in [-0.4, -0.2) is 5.54 Å². The summed E-state index contributed by atoms with van der Waals surface area (Å²) in [6.07, 6.45) is 3.36. The van der Waals surface area contributed by atoms with Crippen LogP contribution in [0.4, 0.5) is 11.4 Å². The zero-order chi connectivity index (χ0) is 12.2. The SMILES string of the molecule is CCC(CC)(CC)Nc1cccc(C)c1N. The van der Waals surface area contributed by atoms with Crippen LogP contribution in [-0.2, 0) is 0 Å². The molecule has 0 radical (unpaired) electrons. The number of aryl methyl sites for hydroxylation is 1. The lowest BCUT2D eigenvalue weighted by molar-refractivity contribution is 0.420. The van der Waals surface area contributed by atoms with Gasteiger partial charge in [-0.25, -0.2) is 0 Å². The zero-order valence-electron chi connectivity index (χ0n) is 10.9. The number of nitrogens with two attached hydrogens (primary N) is 1. The summed E-state index contributed by atoms with van der Waals surface area (Å²) < 4.78 is 0. The summed E-state index contributed by atoms with van der Waals surface area (Å²) in [5.41, 5.74) is 9.37. The van der Waals surface area contributed by atoms with Gasteiger partial charge < -0.3 is 11.1 Å². The number of hydrogen-bond donors (Lipinski definition) is 2. The molecule has 2 nitrogen and oxygen atoms in total. The number of hydrogen-bond acceptors (Lipinski definition) is 2. The van der Waals surface area contributed by atoms with Crippen LogP contribution in [0.25, 0.3) is 0 Å². The van der Waals surface area contributed by atoms with E-state index in [0.29, 0.717) is 0 Å². The Morgan fingerprint density at radius 1 is 1.12 bits per heavy atom. The second-order valence-electron chi connectivity index (χ2n) is 4.50. The molecule has 0 amide bonds. The molecule has 0 aliphatic rings. The van der Waals surface area contributed by atoms with E-state index in [1.165, 1.54) is 0 Å². The fourth-order valence-electron chi connectivity index (χ4n) is 2.09. The maximum atomic E-state index is 6.09. The summed E-state index contributed by atoms with van der Waals surface area (Å²) in [5, 5.41) is 3.63. The molecule has 0 aliphatic heterocycles. The smallest absolute Gasteiger partial charge is 0.0580 e. The normalized spacial score (nSPS) is 11.5. The van der Waals surface area contributed by atoms with Gasteiger partial charge in [0.2, 0.25) is 0 Å². The molecule has 0 bridgehead atoms. The Morgan fingerprint density at radius 3 is 2.19 bits per heavy atom. The average Bonchev–Trinajstić information content (AvgIpc) is 2.32. The van der Waals surface area contributed by atoms with Gasteiger partial charge in [0.25, 0.3) is 0 Å². The maximum absolute atomic E-state index is 6.09. The minimum Gasteiger partial charge on any atom is -0.397 e. The molecule has 90 valence electrons. The predicted molar refractivity (Wildman–Crippen MR) is 72.8 cm³/mol. The Kier molecular flexibility index (Phi) is 4.22. The van der Waals surface area contributed by atoms with Crippen LogP contribution in [0.15, 0.2) is 18.2 Å². The van der Waals surface area contributed by atoms with Crippen molar-refractivity contribution in [1.82, 2.24) is 0 Å². The second-order valence-corrected chi connectivity index (χ2v) is 4.50. The Hall–Kier alpha value is -1.18. The first-order valence-corrected chi connectivity index (χ1v) is 6.21. The Labute approximate surface area is 99.2 Å². The van der Waals surface area contributed by atoms with Gasteiger partial charge in [0.05, 0.1) is 11.4 Å². The molecule has 0 saturated heterocycles. The number of anilines is 2. The standard InChI is InChI=1S/C14H24N2/c1-5-14(6-2,7-3)16-12-10-8-9-11(4)13(12)15/h8-10,16H,5-7,15H2,1-4H3. The Balaban J connectivity index is 2.98. The molecule has 1 aromatic carbocycles. The van der Waals surface area contributed by atoms with Crippen molar-refractivity contribution < 1.29 is 0 Å². The first kappa shape index (κ1) is 12.9. The van der Waals surface area contributed by atoms with Crippen molar-refractivity contribution >= 4 is 11.4 Å². The highest BCUT2D eigenvalue weighted by Gasteiger charge is 2.23. The summed E-state index contributed by atoms with van der Waals surface area (Å²) in [7, 11) is 0. The van der Waals surface area contributed by atoms with E-state index in [4.69, 9.17) is 5.73 Å². The second kappa shape index (κ2) is 5.24. The van der Waals surface area contributed by atoms with Crippen LogP contribution in [0.2, 0.25) is 0 Å². The molecule has 0 aliphatic carbocycles. The molecular formula is C14H24N2. The van der Waals surface area contributed by atoms with Crippen LogP contribution in [0.5, 0.6) is 0 Å². The van der Waals surface area contributed by atoms with Crippen molar-refractivity contribution in [3.63, 3.8) is 0 Å². The van der Waals surface area contributed by atoms with E-state index in [1.54, 1.807) is 0 Å². The third kappa shape index (κ3) is 2.49. The van der Waals surface area contributed by atoms with E-state index in [2.05, 4.69) is 38.2 Å². The molecule has 0 unspecified atom stereocenters. The highest BCUT2D eigenvalue weighted by Crippen LogP contribution is 2.30. The molecule has 0 atom stereocenters. The summed E-state index contributed by atoms with van der Waals surface area (Å²) in [4.78, 5) is 0. The Bertz CT molecular complexity index is 332. The van der Waals surface area contributed by atoms with Gasteiger partial charge in [0.15, 0.2) is 0 Å². The van der Waals surface area contributed by atoms with Crippen LogP contribution >= 0.6 is 0 Å². The molecule has 0 heterocycles. The van der Waals surface area contributed by atoms with Crippen LogP contribution in [0.3, 0.4) is 0 Å². The van der Waals surface area contributed by atoms with Gasteiger partial charge in [-0.1, -0.05) is 32.9 Å². The Morgan fingerprint density at radius 2 is 1.69 bits per heavy atom. The largest absolute Gasteiger partial charge is 0.397 e.